The van der Waals surface area contributed by atoms with Crippen molar-refractivity contribution in [2.45, 2.75) is 25.1 Å². The lowest BCUT2D eigenvalue weighted by Gasteiger charge is -2.15. The number of rotatable bonds is 9. The molecule has 0 radical (unpaired) electrons. The summed E-state index contributed by atoms with van der Waals surface area (Å²) >= 11 is 0. The van der Waals surface area contributed by atoms with E-state index in [1.807, 2.05) is 0 Å². The Morgan fingerprint density at radius 3 is 2.22 bits per heavy atom. The van der Waals surface area contributed by atoms with Gasteiger partial charge in [-0.25, -0.2) is 17.9 Å². The molecule has 0 aliphatic heterocycles. The van der Waals surface area contributed by atoms with E-state index in [1.165, 1.54) is 24.3 Å². The van der Waals surface area contributed by atoms with E-state index in [-0.39, 0.29) is 13.0 Å². The number of carboxylic acids is 1. The lowest BCUT2D eigenvalue weighted by atomic mass is 10.1. The van der Waals surface area contributed by atoms with Crippen molar-refractivity contribution in [3.05, 3.63) is 71.3 Å². The summed E-state index contributed by atoms with van der Waals surface area (Å²) in [7, 11) is -3.89. The second-order valence-electron chi connectivity index (χ2n) is 5.87. The highest BCUT2D eigenvalue weighted by molar-refractivity contribution is 7.88. The Bertz CT molecular complexity index is 878. The van der Waals surface area contributed by atoms with E-state index in [4.69, 9.17) is 4.74 Å². The third kappa shape index (κ3) is 6.50. The first-order chi connectivity index (χ1) is 12.8. The van der Waals surface area contributed by atoms with Crippen molar-refractivity contribution in [1.82, 2.24) is 4.72 Å². The minimum atomic E-state index is -3.89. The van der Waals surface area contributed by atoms with Crippen LogP contribution in [0.1, 0.15) is 28.4 Å². The van der Waals surface area contributed by atoms with Gasteiger partial charge in [-0.3, -0.25) is 4.79 Å². The van der Waals surface area contributed by atoms with Gasteiger partial charge in [0, 0.05) is 0 Å². The average molecular weight is 391 g/mol. The molecule has 0 aliphatic rings. The molecule has 1 atom stereocenters. The molecule has 7 nitrogen and oxygen atoms in total. The first-order valence-electron chi connectivity index (χ1n) is 8.33. The SMILES string of the molecule is CCOC(=O)c1ccc(CS(=O)(=O)N[C@H](Cc2ccccc2)C(=O)O)cc1. The molecular weight excluding hydrogens is 370 g/mol. The molecule has 2 aromatic rings. The fourth-order valence-electron chi connectivity index (χ4n) is 2.46. The summed E-state index contributed by atoms with van der Waals surface area (Å²) in [6.45, 7) is 1.94. The van der Waals surface area contributed by atoms with Gasteiger partial charge < -0.3 is 9.84 Å². The van der Waals surface area contributed by atoms with E-state index in [1.54, 1.807) is 37.3 Å². The Morgan fingerprint density at radius 2 is 1.67 bits per heavy atom. The molecule has 27 heavy (non-hydrogen) atoms. The highest BCUT2D eigenvalue weighted by Crippen LogP contribution is 2.11. The smallest absolute Gasteiger partial charge is 0.338 e. The van der Waals surface area contributed by atoms with Gasteiger partial charge in [0.15, 0.2) is 0 Å². The lowest BCUT2D eigenvalue weighted by Crippen LogP contribution is -2.42. The Balaban J connectivity index is 2.06. The standard InChI is InChI=1S/C19H21NO6S/c1-2-26-19(23)16-10-8-15(9-11-16)13-27(24,25)20-17(18(21)22)12-14-6-4-3-5-7-14/h3-11,17,20H,2,12-13H2,1H3,(H,21,22)/t17-/m1/s1. The van der Waals surface area contributed by atoms with Crippen molar-refractivity contribution < 1.29 is 27.9 Å². The number of benzene rings is 2. The zero-order valence-corrected chi connectivity index (χ0v) is 15.6. The predicted octanol–water partition coefficient (Wildman–Crippen LogP) is 1.98. The molecule has 0 saturated carbocycles. The quantitative estimate of drug-likeness (QED) is 0.633. The second kappa shape index (κ2) is 9.29. The highest BCUT2D eigenvalue weighted by Gasteiger charge is 2.24. The summed E-state index contributed by atoms with van der Waals surface area (Å²) in [6.07, 6.45) is 0.0389. The molecule has 0 aliphatic carbocycles. The average Bonchev–Trinajstić information content (AvgIpc) is 2.62. The Hall–Kier alpha value is -2.71. The molecule has 0 amide bonds. The van der Waals surface area contributed by atoms with Crippen LogP contribution >= 0.6 is 0 Å². The number of esters is 1. The number of hydrogen-bond acceptors (Lipinski definition) is 5. The summed E-state index contributed by atoms with van der Waals surface area (Å²) in [5.74, 6) is -2.13. The van der Waals surface area contributed by atoms with Crippen LogP contribution in [0.2, 0.25) is 0 Å². The molecule has 0 spiro atoms. The zero-order valence-electron chi connectivity index (χ0n) is 14.8. The van der Waals surface area contributed by atoms with E-state index >= 15 is 0 Å². The minimum Gasteiger partial charge on any atom is -0.480 e. The molecule has 0 saturated heterocycles. The maximum Gasteiger partial charge on any atom is 0.338 e. The predicted molar refractivity (Wildman–Crippen MR) is 99.7 cm³/mol. The number of sulfonamides is 1. The van der Waals surface area contributed by atoms with Crippen molar-refractivity contribution in [3.8, 4) is 0 Å². The van der Waals surface area contributed by atoms with E-state index in [0.29, 0.717) is 16.7 Å². The third-order valence-corrected chi connectivity index (χ3v) is 5.08. The van der Waals surface area contributed by atoms with Crippen molar-refractivity contribution in [2.24, 2.45) is 0 Å². The van der Waals surface area contributed by atoms with E-state index in [9.17, 15) is 23.1 Å². The number of nitrogens with one attached hydrogen (secondary N) is 1. The number of carbonyl (C=O) groups excluding carboxylic acids is 1. The summed E-state index contributed by atoms with van der Waals surface area (Å²) in [6, 6.07) is 13.5. The first-order valence-corrected chi connectivity index (χ1v) is 9.98. The van der Waals surface area contributed by atoms with Crippen LogP contribution in [-0.4, -0.2) is 38.1 Å². The fraction of sp³-hybridized carbons (Fsp3) is 0.263. The Kier molecular flexibility index (Phi) is 7.09. The van der Waals surface area contributed by atoms with Gasteiger partial charge in [0.25, 0.3) is 0 Å². The van der Waals surface area contributed by atoms with Crippen molar-refractivity contribution in [1.29, 1.82) is 0 Å². The van der Waals surface area contributed by atoms with E-state index in [0.717, 1.165) is 0 Å². The zero-order chi connectivity index (χ0) is 19.9. The maximum atomic E-state index is 12.4. The van der Waals surface area contributed by atoms with Gasteiger partial charge in [-0.05, 0) is 36.6 Å². The number of aliphatic carboxylic acids is 1. The van der Waals surface area contributed by atoms with Gasteiger partial charge in [-0.15, -0.1) is 0 Å². The molecule has 0 fully saturated rings. The van der Waals surface area contributed by atoms with E-state index < -0.39 is 33.8 Å². The van der Waals surface area contributed by atoms with Gasteiger partial charge in [0.1, 0.15) is 6.04 Å². The van der Waals surface area contributed by atoms with Gasteiger partial charge in [-0.1, -0.05) is 42.5 Å². The van der Waals surface area contributed by atoms with Gasteiger partial charge in [-0.2, -0.15) is 0 Å². The number of carbonyl (C=O) groups is 2. The maximum absolute atomic E-state index is 12.4. The summed E-state index contributed by atoms with van der Waals surface area (Å²) in [5, 5.41) is 9.33. The van der Waals surface area contributed by atoms with Crippen LogP contribution in [0.3, 0.4) is 0 Å². The first kappa shape index (κ1) is 20.6. The summed E-state index contributed by atoms with van der Waals surface area (Å²) in [4.78, 5) is 23.1. The van der Waals surface area contributed by atoms with Crippen molar-refractivity contribution in [2.75, 3.05) is 6.61 Å². The van der Waals surface area contributed by atoms with Crippen LogP contribution < -0.4 is 4.72 Å². The Morgan fingerprint density at radius 1 is 1.04 bits per heavy atom. The molecule has 8 heteroatoms. The van der Waals surface area contributed by atoms with Crippen molar-refractivity contribution >= 4 is 22.0 Å². The Labute approximate surface area is 158 Å². The normalized spacial score (nSPS) is 12.3. The van der Waals surface area contributed by atoms with Gasteiger partial charge >= 0.3 is 11.9 Å². The number of hydrogen-bond donors (Lipinski definition) is 2. The van der Waals surface area contributed by atoms with Crippen molar-refractivity contribution in [3.63, 3.8) is 0 Å². The van der Waals surface area contributed by atoms with Crippen LogP contribution in [0.5, 0.6) is 0 Å². The lowest BCUT2D eigenvalue weighted by molar-refractivity contribution is -0.138. The van der Waals surface area contributed by atoms with Crippen LogP contribution in [0.4, 0.5) is 0 Å². The molecule has 0 bridgehead atoms. The van der Waals surface area contributed by atoms with E-state index in [2.05, 4.69) is 4.72 Å². The summed E-state index contributed by atoms with van der Waals surface area (Å²) < 4.78 is 31.8. The highest BCUT2D eigenvalue weighted by atomic mass is 32.2. The topological polar surface area (TPSA) is 110 Å². The van der Waals surface area contributed by atoms with Gasteiger partial charge in [0.2, 0.25) is 10.0 Å². The molecule has 2 aromatic carbocycles. The van der Waals surface area contributed by atoms with Crippen LogP contribution in [0.15, 0.2) is 54.6 Å². The molecule has 2 rings (SSSR count). The third-order valence-electron chi connectivity index (χ3n) is 3.72. The van der Waals surface area contributed by atoms with Gasteiger partial charge in [0.05, 0.1) is 17.9 Å². The monoisotopic (exact) mass is 391 g/mol. The fourth-order valence-corrected chi connectivity index (χ4v) is 3.79. The molecule has 2 N–H and O–H groups in total. The summed E-state index contributed by atoms with van der Waals surface area (Å²) in [5.41, 5.74) is 1.46. The molecule has 0 aromatic heterocycles. The second-order valence-corrected chi connectivity index (χ2v) is 7.63. The largest absolute Gasteiger partial charge is 0.480 e. The van der Waals surface area contributed by atoms with Crippen LogP contribution in [-0.2, 0) is 31.7 Å². The number of carboxylic acid groups (broad SMARTS) is 1. The molecular formula is C19H21NO6S. The number of ether oxygens (including phenoxy) is 1. The molecule has 0 unspecified atom stereocenters. The van der Waals surface area contributed by atoms with Crippen LogP contribution in [0.25, 0.3) is 0 Å². The molecule has 144 valence electrons. The molecule has 0 heterocycles. The van der Waals surface area contributed by atoms with Crippen LogP contribution in [0, 0.1) is 0 Å². The minimum absolute atomic E-state index is 0.0389.